The van der Waals surface area contributed by atoms with E-state index in [-0.39, 0.29) is 12.5 Å². The Balaban J connectivity index is 1.87. The third-order valence-corrected chi connectivity index (χ3v) is 3.88. The summed E-state index contributed by atoms with van der Waals surface area (Å²) in [4.78, 5) is 12.3. The minimum Gasteiger partial charge on any atom is -0.494 e. The Bertz CT molecular complexity index is 787. The van der Waals surface area contributed by atoms with Crippen molar-refractivity contribution >= 4 is 17.3 Å². The molecule has 2 aromatic rings. The zero-order valence-corrected chi connectivity index (χ0v) is 17.0. The summed E-state index contributed by atoms with van der Waals surface area (Å²) in [6, 6.07) is 15.0. The molecule has 0 aliphatic heterocycles. The molecule has 28 heavy (non-hydrogen) atoms. The number of ether oxygens (including phenoxy) is 2. The highest BCUT2D eigenvalue weighted by Crippen LogP contribution is 2.24. The largest absolute Gasteiger partial charge is 0.494 e. The zero-order chi connectivity index (χ0) is 20.4. The van der Waals surface area contributed by atoms with E-state index in [1.165, 1.54) is 0 Å². The van der Waals surface area contributed by atoms with Crippen molar-refractivity contribution in [2.45, 2.75) is 27.2 Å². The number of anilines is 2. The summed E-state index contributed by atoms with van der Waals surface area (Å²) in [7, 11) is 0. The van der Waals surface area contributed by atoms with E-state index in [9.17, 15) is 4.79 Å². The topological polar surface area (TPSA) is 59.6 Å². The fraction of sp³-hybridized carbons (Fsp3) is 0.348. The van der Waals surface area contributed by atoms with Gasteiger partial charge in [-0.1, -0.05) is 38.6 Å². The van der Waals surface area contributed by atoms with E-state index in [0.717, 1.165) is 23.4 Å². The molecule has 0 fully saturated rings. The van der Waals surface area contributed by atoms with Crippen LogP contribution in [0.5, 0.6) is 11.5 Å². The van der Waals surface area contributed by atoms with Crippen LogP contribution in [-0.4, -0.2) is 25.7 Å². The van der Waals surface area contributed by atoms with Crippen LogP contribution in [0, 0.1) is 5.92 Å². The molecule has 0 unspecified atom stereocenters. The first-order chi connectivity index (χ1) is 13.4. The van der Waals surface area contributed by atoms with Gasteiger partial charge in [0, 0.05) is 11.8 Å². The lowest BCUT2D eigenvalue weighted by Crippen LogP contribution is -2.22. The number of para-hydroxylation sites is 2. The molecule has 0 aliphatic rings. The summed E-state index contributed by atoms with van der Waals surface area (Å²) in [5.41, 5.74) is 2.41. The minimum atomic E-state index is -0.144. The highest BCUT2D eigenvalue weighted by Gasteiger charge is 2.07. The number of carbonyl (C=O) groups is 1. The number of rotatable bonds is 11. The number of hydrogen-bond donors (Lipinski definition) is 2. The fourth-order valence-corrected chi connectivity index (χ4v) is 2.40. The fourth-order valence-electron chi connectivity index (χ4n) is 2.40. The number of nitrogens with one attached hydrogen (secondary N) is 2. The van der Waals surface area contributed by atoms with E-state index in [4.69, 9.17) is 9.47 Å². The highest BCUT2D eigenvalue weighted by atomic mass is 16.5. The van der Waals surface area contributed by atoms with E-state index in [2.05, 4.69) is 31.1 Å². The highest BCUT2D eigenvalue weighted by molar-refractivity contribution is 5.94. The maximum Gasteiger partial charge on any atom is 0.243 e. The first-order valence-electron chi connectivity index (χ1n) is 9.57. The van der Waals surface area contributed by atoms with E-state index < -0.39 is 0 Å². The van der Waals surface area contributed by atoms with Crippen molar-refractivity contribution in [2.75, 3.05) is 30.4 Å². The summed E-state index contributed by atoms with van der Waals surface area (Å²) in [5.74, 6) is 1.90. The molecule has 0 aromatic heterocycles. The third kappa shape index (κ3) is 7.74. The van der Waals surface area contributed by atoms with E-state index in [0.29, 0.717) is 30.6 Å². The van der Waals surface area contributed by atoms with Crippen molar-refractivity contribution in [2.24, 2.45) is 5.92 Å². The second kappa shape index (κ2) is 11.0. The van der Waals surface area contributed by atoms with E-state index >= 15 is 0 Å². The van der Waals surface area contributed by atoms with E-state index in [1.807, 2.05) is 55.5 Å². The number of benzene rings is 2. The second-order valence-corrected chi connectivity index (χ2v) is 7.20. The van der Waals surface area contributed by atoms with Crippen molar-refractivity contribution in [3.05, 3.63) is 60.7 Å². The van der Waals surface area contributed by atoms with Gasteiger partial charge < -0.3 is 20.1 Å². The first-order valence-corrected chi connectivity index (χ1v) is 9.57. The molecule has 0 bridgehead atoms. The maximum absolute atomic E-state index is 12.3. The Hall–Kier alpha value is -2.95. The van der Waals surface area contributed by atoms with Gasteiger partial charge in [0.25, 0.3) is 0 Å². The SMILES string of the molecule is C=C(C)COc1ccccc1NCC(=O)Nc1cccc(OCCC(C)C)c1. The second-order valence-electron chi connectivity index (χ2n) is 7.20. The molecule has 0 saturated heterocycles. The molecule has 0 atom stereocenters. The van der Waals surface area contributed by atoms with Gasteiger partial charge in [-0.05, 0) is 49.1 Å². The van der Waals surface area contributed by atoms with Gasteiger partial charge in [0.15, 0.2) is 0 Å². The van der Waals surface area contributed by atoms with Gasteiger partial charge >= 0.3 is 0 Å². The molecule has 0 spiro atoms. The van der Waals surface area contributed by atoms with Crippen LogP contribution in [0.15, 0.2) is 60.7 Å². The number of hydrogen-bond acceptors (Lipinski definition) is 4. The molecule has 1 amide bonds. The van der Waals surface area contributed by atoms with Crippen LogP contribution in [0.4, 0.5) is 11.4 Å². The average Bonchev–Trinajstić information content (AvgIpc) is 2.65. The summed E-state index contributed by atoms with van der Waals surface area (Å²) >= 11 is 0. The Morgan fingerprint density at radius 1 is 1.11 bits per heavy atom. The van der Waals surface area contributed by atoms with Gasteiger partial charge in [-0.25, -0.2) is 0 Å². The lowest BCUT2D eigenvalue weighted by atomic mass is 10.1. The Labute approximate surface area is 167 Å². The molecule has 150 valence electrons. The van der Waals surface area contributed by atoms with Crippen molar-refractivity contribution in [1.29, 1.82) is 0 Å². The molecule has 5 heteroatoms. The molecular weight excluding hydrogens is 352 g/mol. The predicted octanol–water partition coefficient (Wildman–Crippen LogP) is 5.12. The van der Waals surface area contributed by atoms with Gasteiger partial charge in [-0.2, -0.15) is 0 Å². The van der Waals surface area contributed by atoms with Crippen LogP contribution in [-0.2, 0) is 4.79 Å². The third-order valence-electron chi connectivity index (χ3n) is 3.88. The van der Waals surface area contributed by atoms with Crippen LogP contribution in [0.2, 0.25) is 0 Å². The van der Waals surface area contributed by atoms with Crippen LogP contribution >= 0.6 is 0 Å². The minimum absolute atomic E-state index is 0.131. The van der Waals surface area contributed by atoms with Gasteiger partial charge in [0.2, 0.25) is 5.91 Å². The number of amides is 1. The van der Waals surface area contributed by atoms with Crippen LogP contribution in [0.3, 0.4) is 0 Å². The lowest BCUT2D eigenvalue weighted by Gasteiger charge is -2.13. The molecule has 0 heterocycles. The molecule has 0 aliphatic carbocycles. The average molecular weight is 383 g/mol. The van der Waals surface area contributed by atoms with Gasteiger partial charge in [-0.3, -0.25) is 4.79 Å². The molecule has 2 N–H and O–H groups in total. The molecular formula is C23H30N2O3. The van der Waals surface area contributed by atoms with Crippen molar-refractivity contribution in [1.82, 2.24) is 0 Å². The predicted molar refractivity (Wildman–Crippen MR) is 115 cm³/mol. The molecule has 5 nitrogen and oxygen atoms in total. The summed E-state index contributed by atoms with van der Waals surface area (Å²) in [5, 5.41) is 6.01. The Kier molecular flexibility index (Phi) is 8.40. The monoisotopic (exact) mass is 382 g/mol. The van der Waals surface area contributed by atoms with Gasteiger partial charge in [-0.15, -0.1) is 0 Å². The van der Waals surface area contributed by atoms with Crippen LogP contribution < -0.4 is 20.1 Å². The van der Waals surface area contributed by atoms with Crippen molar-refractivity contribution < 1.29 is 14.3 Å². The summed E-state index contributed by atoms with van der Waals surface area (Å²) < 4.78 is 11.4. The normalized spacial score (nSPS) is 10.4. The maximum atomic E-state index is 12.3. The van der Waals surface area contributed by atoms with Crippen LogP contribution in [0.25, 0.3) is 0 Å². The van der Waals surface area contributed by atoms with Crippen LogP contribution in [0.1, 0.15) is 27.2 Å². The van der Waals surface area contributed by atoms with Gasteiger partial charge in [0.05, 0.1) is 18.8 Å². The zero-order valence-electron chi connectivity index (χ0n) is 17.0. The number of carbonyl (C=O) groups excluding carboxylic acids is 1. The smallest absolute Gasteiger partial charge is 0.243 e. The summed E-state index contributed by atoms with van der Waals surface area (Å²) in [6.07, 6.45) is 0.993. The van der Waals surface area contributed by atoms with Crippen molar-refractivity contribution in [3.63, 3.8) is 0 Å². The quantitative estimate of drug-likeness (QED) is 0.530. The standard InChI is InChI=1S/C23H30N2O3/c1-17(2)12-13-27-20-9-7-8-19(14-20)25-23(26)15-24-21-10-5-6-11-22(21)28-16-18(3)4/h5-11,14,17,24H,3,12-13,15-16H2,1-2,4H3,(H,25,26). The first kappa shape index (κ1) is 21.4. The molecule has 0 radical (unpaired) electrons. The molecule has 0 saturated carbocycles. The van der Waals surface area contributed by atoms with Crippen molar-refractivity contribution in [3.8, 4) is 11.5 Å². The Morgan fingerprint density at radius 3 is 2.64 bits per heavy atom. The summed E-state index contributed by atoms with van der Waals surface area (Å²) in [6.45, 7) is 11.3. The Morgan fingerprint density at radius 2 is 1.89 bits per heavy atom. The molecule has 2 aromatic carbocycles. The van der Waals surface area contributed by atoms with Gasteiger partial charge in [0.1, 0.15) is 18.1 Å². The molecule has 2 rings (SSSR count). The van der Waals surface area contributed by atoms with E-state index in [1.54, 1.807) is 0 Å². The lowest BCUT2D eigenvalue weighted by molar-refractivity contribution is -0.114.